The fourth-order valence-electron chi connectivity index (χ4n) is 2.02. The number of hydrogen-bond acceptors (Lipinski definition) is 6. The Labute approximate surface area is 87.4 Å². The Morgan fingerprint density at radius 1 is 1.27 bits per heavy atom. The molecule has 15 heavy (non-hydrogen) atoms. The van der Waals surface area contributed by atoms with Crippen LogP contribution in [-0.2, 0) is 14.2 Å². The van der Waals surface area contributed by atoms with E-state index >= 15 is 0 Å². The normalized spacial score (nSPS) is 45.4. The van der Waals surface area contributed by atoms with Crippen molar-refractivity contribution in [1.82, 2.24) is 0 Å². The lowest BCUT2D eigenvalue weighted by atomic mass is 10.1. The summed E-state index contributed by atoms with van der Waals surface area (Å²) >= 11 is 0. The van der Waals surface area contributed by atoms with E-state index in [2.05, 4.69) is 0 Å². The first kappa shape index (κ1) is 11.3. The zero-order valence-electron chi connectivity index (χ0n) is 8.66. The molecule has 6 nitrogen and oxygen atoms in total. The van der Waals surface area contributed by atoms with Crippen molar-refractivity contribution >= 4 is 0 Å². The minimum atomic E-state index is -1.12. The molecule has 2 fully saturated rings. The van der Waals surface area contributed by atoms with E-state index in [0.29, 0.717) is 0 Å². The Hall–Kier alpha value is -0.240. The van der Waals surface area contributed by atoms with Gasteiger partial charge in [-0.3, -0.25) is 0 Å². The van der Waals surface area contributed by atoms with Gasteiger partial charge < -0.3 is 29.5 Å². The number of aliphatic hydroxyl groups is 3. The number of fused-ring (bicyclic) bond motifs is 1. The van der Waals surface area contributed by atoms with E-state index in [0.717, 1.165) is 0 Å². The third-order valence-electron chi connectivity index (χ3n) is 2.63. The number of rotatable bonds is 2. The van der Waals surface area contributed by atoms with Gasteiger partial charge in [0.25, 0.3) is 0 Å². The average molecular weight is 220 g/mol. The highest BCUT2D eigenvalue weighted by Gasteiger charge is 2.56. The first-order valence-electron chi connectivity index (χ1n) is 4.93. The van der Waals surface area contributed by atoms with Crippen LogP contribution in [0, 0.1) is 0 Å². The van der Waals surface area contributed by atoms with Gasteiger partial charge >= 0.3 is 0 Å². The molecule has 2 saturated heterocycles. The molecule has 0 aromatic heterocycles. The van der Waals surface area contributed by atoms with Crippen molar-refractivity contribution in [2.45, 2.75) is 50.3 Å². The molecule has 0 aliphatic carbocycles. The summed E-state index contributed by atoms with van der Waals surface area (Å²) in [6, 6.07) is 0. The van der Waals surface area contributed by atoms with Crippen molar-refractivity contribution in [3.8, 4) is 0 Å². The van der Waals surface area contributed by atoms with Gasteiger partial charge in [-0.1, -0.05) is 0 Å². The third kappa shape index (κ3) is 1.89. The standard InChI is InChI=1S/C9H16O6/c1-9(2)14-6-5(4(11)3-10)13-8(12)7(6)15-9/h4-8,10-12H,3H2,1-2H3/t4?,5-,6?,7?,8-/m0/s1. The Balaban J connectivity index is 2.12. The first-order valence-corrected chi connectivity index (χ1v) is 4.93. The second-order valence-electron chi connectivity index (χ2n) is 4.31. The zero-order chi connectivity index (χ0) is 11.2. The molecule has 3 unspecified atom stereocenters. The molecule has 0 aromatic rings. The maximum atomic E-state index is 9.53. The maximum Gasteiger partial charge on any atom is 0.184 e. The van der Waals surface area contributed by atoms with Crippen molar-refractivity contribution in [3.05, 3.63) is 0 Å². The lowest BCUT2D eigenvalue weighted by Gasteiger charge is -2.24. The van der Waals surface area contributed by atoms with E-state index in [1.165, 1.54) is 0 Å². The van der Waals surface area contributed by atoms with Crippen LogP contribution in [0.25, 0.3) is 0 Å². The van der Waals surface area contributed by atoms with Gasteiger partial charge in [-0.2, -0.15) is 0 Å². The van der Waals surface area contributed by atoms with E-state index in [4.69, 9.17) is 19.3 Å². The van der Waals surface area contributed by atoms with Crippen LogP contribution in [0.3, 0.4) is 0 Å². The topological polar surface area (TPSA) is 88.4 Å². The van der Waals surface area contributed by atoms with Gasteiger partial charge in [0.2, 0.25) is 0 Å². The summed E-state index contributed by atoms with van der Waals surface area (Å²) < 4.78 is 16.0. The number of aliphatic hydroxyl groups excluding tert-OH is 3. The maximum absolute atomic E-state index is 9.53. The van der Waals surface area contributed by atoms with Crippen LogP contribution in [0.15, 0.2) is 0 Å². The highest BCUT2D eigenvalue weighted by molar-refractivity contribution is 4.97. The van der Waals surface area contributed by atoms with Crippen LogP contribution in [0.5, 0.6) is 0 Å². The molecule has 2 aliphatic rings. The van der Waals surface area contributed by atoms with Gasteiger partial charge in [-0.25, -0.2) is 0 Å². The van der Waals surface area contributed by atoms with Gasteiger partial charge in [0.1, 0.15) is 24.4 Å². The second-order valence-corrected chi connectivity index (χ2v) is 4.31. The summed E-state index contributed by atoms with van der Waals surface area (Å²) in [6.45, 7) is 3.01. The zero-order valence-corrected chi connectivity index (χ0v) is 8.66. The summed E-state index contributed by atoms with van der Waals surface area (Å²) in [4.78, 5) is 0. The predicted molar refractivity (Wildman–Crippen MR) is 47.8 cm³/mol. The van der Waals surface area contributed by atoms with Crippen LogP contribution < -0.4 is 0 Å². The minimum absolute atomic E-state index is 0.440. The first-order chi connectivity index (χ1) is 6.94. The van der Waals surface area contributed by atoms with Crippen LogP contribution in [0.1, 0.15) is 13.8 Å². The molecular weight excluding hydrogens is 204 g/mol. The van der Waals surface area contributed by atoms with E-state index in [1.54, 1.807) is 13.8 Å². The molecule has 6 heteroatoms. The lowest BCUT2D eigenvalue weighted by molar-refractivity contribution is -0.231. The predicted octanol–water partition coefficient (Wildman–Crippen LogP) is -1.42. The van der Waals surface area contributed by atoms with E-state index in [-0.39, 0.29) is 0 Å². The molecule has 88 valence electrons. The molecule has 5 atom stereocenters. The Kier molecular flexibility index (Phi) is 2.74. The Bertz CT molecular complexity index is 243. The summed E-state index contributed by atoms with van der Waals surface area (Å²) in [7, 11) is 0. The highest BCUT2D eigenvalue weighted by atomic mass is 16.8. The van der Waals surface area contributed by atoms with Gasteiger partial charge in [0.15, 0.2) is 12.1 Å². The molecule has 0 saturated carbocycles. The monoisotopic (exact) mass is 220 g/mol. The van der Waals surface area contributed by atoms with Gasteiger partial charge in [0.05, 0.1) is 6.61 Å². The van der Waals surface area contributed by atoms with Crippen molar-refractivity contribution in [1.29, 1.82) is 0 Å². The minimum Gasteiger partial charge on any atom is -0.394 e. The van der Waals surface area contributed by atoms with E-state index in [9.17, 15) is 10.2 Å². The van der Waals surface area contributed by atoms with Gasteiger partial charge in [-0.05, 0) is 13.8 Å². The van der Waals surface area contributed by atoms with Crippen molar-refractivity contribution in [2.24, 2.45) is 0 Å². The average Bonchev–Trinajstić information content (AvgIpc) is 2.61. The van der Waals surface area contributed by atoms with Crippen LogP contribution in [0.2, 0.25) is 0 Å². The van der Waals surface area contributed by atoms with Gasteiger partial charge in [-0.15, -0.1) is 0 Å². The molecular formula is C9H16O6. The van der Waals surface area contributed by atoms with E-state index in [1.807, 2.05) is 0 Å². The Morgan fingerprint density at radius 2 is 1.87 bits per heavy atom. The Morgan fingerprint density at radius 3 is 2.47 bits per heavy atom. The molecule has 2 aliphatic heterocycles. The molecule has 2 rings (SSSR count). The van der Waals surface area contributed by atoms with Crippen LogP contribution >= 0.6 is 0 Å². The van der Waals surface area contributed by atoms with Crippen molar-refractivity contribution in [2.75, 3.05) is 6.61 Å². The molecule has 0 radical (unpaired) electrons. The summed E-state index contributed by atoms with van der Waals surface area (Å²) in [5.41, 5.74) is 0. The lowest BCUT2D eigenvalue weighted by Crippen LogP contribution is -2.40. The highest BCUT2D eigenvalue weighted by Crippen LogP contribution is 2.38. The number of ether oxygens (including phenoxy) is 3. The molecule has 3 N–H and O–H groups in total. The van der Waals surface area contributed by atoms with E-state index < -0.39 is 43.1 Å². The fourth-order valence-corrected chi connectivity index (χ4v) is 2.02. The molecule has 0 bridgehead atoms. The smallest absolute Gasteiger partial charge is 0.184 e. The third-order valence-corrected chi connectivity index (χ3v) is 2.63. The molecule has 0 spiro atoms. The molecule has 0 aromatic carbocycles. The van der Waals surface area contributed by atoms with Crippen LogP contribution in [-0.4, -0.2) is 58.4 Å². The quantitative estimate of drug-likeness (QED) is 0.529. The second kappa shape index (κ2) is 3.65. The summed E-state index contributed by atoms with van der Waals surface area (Å²) in [5, 5.41) is 27.8. The molecule has 2 heterocycles. The summed E-state index contributed by atoms with van der Waals surface area (Å²) in [5.74, 6) is -0.798. The SMILES string of the molecule is CC1(C)OC2C(O1)[C@@H](O)O[C@H]2C(O)CO. The van der Waals surface area contributed by atoms with Gasteiger partial charge in [0, 0.05) is 0 Å². The molecule has 0 amide bonds. The summed E-state index contributed by atoms with van der Waals surface area (Å²) in [6.07, 6.45) is -4.10. The largest absolute Gasteiger partial charge is 0.394 e. The van der Waals surface area contributed by atoms with Crippen LogP contribution in [0.4, 0.5) is 0 Å². The number of hydrogen-bond donors (Lipinski definition) is 3. The fraction of sp³-hybridized carbons (Fsp3) is 1.00. The van der Waals surface area contributed by atoms with Crippen molar-refractivity contribution < 1.29 is 29.5 Å². The van der Waals surface area contributed by atoms with Crippen molar-refractivity contribution in [3.63, 3.8) is 0 Å².